The number of rotatable bonds is 5. The summed E-state index contributed by atoms with van der Waals surface area (Å²) in [6.07, 6.45) is 1.94. The zero-order valence-corrected chi connectivity index (χ0v) is 12.6. The monoisotopic (exact) mass is 287 g/mol. The van der Waals surface area contributed by atoms with E-state index in [9.17, 15) is 0 Å². The Bertz CT molecular complexity index is 622. The lowest BCUT2D eigenvalue weighted by Crippen LogP contribution is -2.28. The highest BCUT2D eigenvalue weighted by atomic mass is 16.5. The molecule has 0 atom stereocenters. The minimum absolute atomic E-state index is 0.623. The first-order chi connectivity index (χ1) is 10.3. The molecular weight excluding hydrogens is 266 g/mol. The number of fused-ring (bicyclic) bond motifs is 1. The lowest BCUT2D eigenvalue weighted by atomic mass is 10.1. The lowest BCUT2D eigenvalue weighted by Gasteiger charge is -2.18. The van der Waals surface area contributed by atoms with E-state index in [0.29, 0.717) is 13.2 Å². The summed E-state index contributed by atoms with van der Waals surface area (Å²) in [5.41, 5.74) is 2.25. The summed E-state index contributed by atoms with van der Waals surface area (Å²) in [5, 5.41) is 3.34. The molecule has 0 saturated heterocycles. The van der Waals surface area contributed by atoms with Gasteiger partial charge in [-0.2, -0.15) is 0 Å². The van der Waals surface area contributed by atoms with Crippen molar-refractivity contribution < 1.29 is 9.47 Å². The average Bonchev–Trinajstić information content (AvgIpc) is 2.93. The van der Waals surface area contributed by atoms with E-state index in [4.69, 9.17) is 9.47 Å². The van der Waals surface area contributed by atoms with Gasteiger partial charge in [-0.3, -0.25) is 0 Å². The predicted molar refractivity (Wildman–Crippen MR) is 81.7 cm³/mol. The molecule has 3 rings (SSSR count). The summed E-state index contributed by atoms with van der Waals surface area (Å²) >= 11 is 0. The van der Waals surface area contributed by atoms with E-state index in [-0.39, 0.29) is 0 Å². The van der Waals surface area contributed by atoms with Gasteiger partial charge in [-0.1, -0.05) is 0 Å². The molecule has 1 aromatic heterocycles. The molecule has 112 valence electrons. The molecule has 0 radical (unpaired) electrons. The Morgan fingerprint density at radius 3 is 2.81 bits per heavy atom. The third-order valence-electron chi connectivity index (χ3n) is 3.57. The Hall–Kier alpha value is -2.01. The fourth-order valence-electron chi connectivity index (χ4n) is 2.64. The molecule has 2 heterocycles. The molecule has 0 fully saturated rings. The van der Waals surface area contributed by atoms with Gasteiger partial charge in [0, 0.05) is 18.7 Å². The van der Waals surface area contributed by atoms with Crippen LogP contribution >= 0.6 is 0 Å². The van der Waals surface area contributed by atoms with Gasteiger partial charge in [0.05, 0.1) is 31.6 Å². The lowest BCUT2D eigenvalue weighted by molar-refractivity contribution is 0.288. The Balaban J connectivity index is 1.98. The Morgan fingerprint density at radius 1 is 1.19 bits per heavy atom. The Labute approximate surface area is 124 Å². The van der Waals surface area contributed by atoms with E-state index in [0.717, 1.165) is 48.2 Å². The summed E-state index contributed by atoms with van der Waals surface area (Å²) in [6.45, 7) is 7.97. The number of imidazole rings is 1. The maximum Gasteiger partial charge on any atom is 0.161 e. The second-order valence-corrected chi connectivity index (χ2v) is 4.92. The van der Waals surface area contributed by atoms with E-state index < -0.39 is 0 Å². The molecule has 2 aromatic rings. The average molecular weight is 287 g/mol. The van der Waals surface area contributed by atoms with Crippen molar-refractivity contribution in [2.45, 2.75) is 26.9 Å². The van der Waals surface area contributed by atoms with Crippen molar-refractivity contribution in [2.24, 2.45) is 0 Å². The predicted octanol–water partition coefficient (Wildman–Crippen LogP) is 2.45. The summed E-state index contributed by atoms with van der Waals surface area (Å²) < 4.78 is 13.6. The fourth-order valence-corrected chi connectivity index (χ4v) is 2.64. The van der Waals surface area contributed by atoms with Crippen LogP contribution in [0.5, 0.6) is 11.5 Å². The highest BCUT2D eigenvalue weighted by molar-refractivity contribution is 5.64. The van der Waals surface area contributed by atoms with Crippen LogP contribution in [0.15, 0.2) is 24.4 Å². The van der Waals surface area contributed by atoms with Crippen LogP contribution in [0.3, 0.4) is 0 Å². The smallest absolute Gasteiger partial charge is 0.161 e. The Kier molecular flexibility index (Phi) is 4.10. The van der Waals surface area contributed by atoms with Gasteiger partial charge < -0.3 is 19.4 Å². The molecular formula is C16H21N3O2. The second kappa shape index (κ2) is 6.18. The number of hydrogen-bond donors (Lipinski definition) is 1. The van der Waals surface area contributed by atoms with Crippen LogP contribution in [-0.4, -0.2) is 29.3 Å². The first kappa shape index (κ1) is 13.9. The van der Waals surface area contributed by atoms with Crippen LogP contribution in [-0.2, 0) is 13.1 Å². The van der Waals surface area contributed by atoms with E-state index in [1.807, 2.05) is 32.2 Å². The normalized spacial score (nSPS) is 13.8. The Morgan fingerprint density at radius 2 is 2.00 bits per heavy atom. The number of nitrogens with one attached hydrogen (secondary N) is 1. The van der Waals surface area contributed by atoms with Crippen LogP contribution < -0.4 is 14.8 Å². The van der Waals surface area contributed by atoms with Crippen molar-refractivity contribution in [3.05, 3.63) is 30.2 Å². The van der Waals surface area contributed by atoms with E-state index >= 15 is 0 Å². The molecule has 1 aliphatic rings. The number of nitrogens with zero attached hydrogens (tertiary/aromatic N) is 2. The standard InChI is InChI=1S/C16H21N3O2/c1-3-20-14-6-5-12(9-15(14)21-4-2)13-10-18-16-11-17-7-8-19(13)16/h5-6,9-10,17H,3-4,7-8,11H2,1-2H3. The van der Waals surface area contributed by atoms with Crippen molar-refractivity contribution in [1.29, 1.82) is 0 Å². The third-order valence-corrected chi connectivity index (χ3v) is 3.57. The van der Waals surface area contributed by atoms with E-state index in [1.54, 1.807) is 0 Å². The van der Waals surface area contributed by atoms with Gasteiger partial charge in [0.2, 0.25) is 0 Å². The highest BCUT2D eigenvalue weighted by Gasteiger charge is 2.16. The van der Waals surface area contributed by atoms with Crippen molar-refractivity contribution in [2.75, 3.05) is 19.8 Å². The molecule has 0 bridgehead atoms. The molecule has 0 amide bonds. The fraction of sp³-hybridized carbons (Fsp3) is 0.438. The molecule has 21 heavy (non-hydrogen) atoms. The topological polar surface area (TPSA) is 48.3 Å². The van der Waals surface area contributed by atoms with Crippen molar-refractivity contribution in [3.8, 4) is 22.8 Å². The molecule has 0 aliphatic carbocycles. The molecule has 1 aromatic carbocycles. The number of hydrogen-bond acceptors (Lipinski definition) is 4. The minimum Gasteiger partial charge on any atom is -0.490 e. The maximum atomic E-state index is 5.71. The first-order valence-electron chi connectivity index (χ1n) is 7.48. The largest absolute Gasteiger partial charge is 0.490 e. The van der Waals surface area contributed by atoms with Gasteiger partial charge in [-0.15, -0.1) is 0 Å². The number of aromatic nitrogens is 2. The zero-order valence-electron chi connectivity index (χ0n) is 12.6. The number of benzene rings is 1. The molecule has 0 saturated carbocycles. The van der Waals surface area contributed by atoms with E-state index in [2.05, 4.69) is 20.9 Å². The third kappa shape index (κ3) is 2.74. The van der Waals surface area contributed by atoms with Gasteiger partial charge >= 0.3 is 0 Å². The van der Waals surface area contributed by atoms with Crippen molar-refractivity contribution in [3.63, 3.8) is 0 Å². The molecule has 1 N–H and O–H groups in total. The summed E-state index contributed by atoms with van der Waals surface area (Å²) in [4.78, 5) is 4.50. The quantitative estimate of drug-likeness (QED) is 0.917. The summed E-state index contributed by atoms with van der Waals surface area (Å²) in [7, 11) is 0. The van der Waals surface area contributed by atoms with Gasteiger partial charge in [0.15, 0.2) is 11.5 Å². The summed E-state index contributed by atoms with van der Waals surface area (Å²) in [6, 6.07) is 6.09. The molecule has 5 nitrogen and oxygen atoms in total. The second-order valence-electron chi connectivity index (χ2n) is 4.92. The van der Waals surface area contributed by atoms with E-state index in [1.165, 1.54) is 0 Å². The van der Waals surface area contributed by atoms with Gasteiger partial charge in [-0.25, -0.2) is 4.98 Å². The minimum atomic E-state index is 0.623. The zero-order chi connectivity index (χ0) is 14.7. The van der Waals surface area contributed by atoms with Crippen molar-refractivity contribution >= 4 is 0 Å². The number of ether oxygens (including phenoxy) is 2. The van der Waals surface area contributed by atoms with Crippen LogP contribution in [0.2, 0.25) is 0 Å². The van der Waals surface area contributed by atoms with Crippen LogP contribution in [0.25, 0.3) is 11.3 Å². The van der Waals surface area contributed by atoms with Crippen LogP contribution in [0.4, 0.5) is 0 Å². The molecule has 0 spiro atoms. The SMILES string of the molecule is CCOc1ccc(-c2cnc3n2CCNC3)cc1OCC. The highest BCUT2D eigenvalue weighted by Crippen LogP contribution is 2.33. The first-order valence-corrected chi connectivity index (χ1v) is 7.48. The maximum absolute atomic E-state index is 5.71. The van der Waals surface area contributed by atoms with Crippen LogP contribution in [0, 0.1) is 0 Å². The molecule has 1 aliphatic heterocycles. The summed E-state index contributed by atoms with van der Waals surface area (Å²) in [5.74, 6) is 2.67. The van der Waals surface area contributed by atoms with Gasteiger partial charge in [-0.05, 0) is 32.0 Å². The van der Waals surface area contributed by atoms with Gasteiger partial charge in [0.1, 0.15) is 5.82 Å². The van der Waals surface area contributed by atoms with Crippen LogP contribution in [0.1, 0.15) is 19.7 Å². The van der Waals surface area contributed by atoms with Crippen molar-refractivity contribution in [1.82, 2.24) is 14.9 Å². The molecule has 5 heteroatoms. The van der Waals surface area contributed by atoms with Gasteiger partial charge in [0.25, 0.3) is 0 Å². The molecule has 0 unspecified atom stereocenters.